The van der Waals surface area contributed by atoms with Gasteiger partial charge in [-0.05, 0) is 36.1 Å². The van der Waals surface area contributed by atoms with Crippen molar-refractivity contribution >= 4 is 5.78 Å². The summed E-state index contributed by atoms with van der Waals surface area (Å²) in [6.45, 7) is 4.19. The zero-order valence-corrected chi connectivity index (χ0v) is 11.5. The number of carbonyl (C=O) groups excluding carboxylic acids is 1. The largest absolute Gasteiger partial charge is 0.289 e. The third-order valence-electron chi connectivity index (χ3n) is 2.96. The minimum absolute atomic E-state index is 0.0317. The first-order valence-corrected chi connectivity index (χ1v) is 6.55. The minimum Gasteiger partial charge on any atom is -0.289 e. The van der Waals surface area contributed by atoms with Crippen molar-refractivity contribution in [3.63, 3.8) is 0 Å². The van der Waals surface area contributed by atoms with Crippen molar-refractivity contribution in [3.05, 3.63) is 70.8 Å². The normalized spacial score (nSPS) is 10.8. The summed E-state index contributed by atoms with van der Waals surface area (Å²) in [7, 11) is 0. The molecule has 0 heterocycles. The molecule has 0 unspecified atom stereocenters. The molecular weight excluding hydrogens is 258 g/mol. The molecule has 0 saturated heterocycles. The second kappa shape index (κ2) is 5.95. The molecule has 20 heavy (non-hydrogen) atoms. The van der Waals surface area contributed by atoms with E-state index in [4.69, 9.17) is 0 Å². The number of ketones is 1. The first-order chi connectivity index (χ1) is 9.45. The lowest BCUT2D eigenvalue weighted by atomic mass is 9.97. The maximum Gasteiger partial charge on any atom is 0.193 e. The molecule has 1 nitrogen and oxygen atoms in total. The van der Waals surface area contributed by atoms with Crippen molar-refractivity contribution < 1.29 is 13.6 Å². The molecule has 3 heteroatoms. The molecule has 104 valence electrons. The van der Waals surface area contributed by atoms with Crippen LogP contribution in [0, 0.1) is 17.6 Å². The SMILES string of the molecule is CC(C)Cc1cccc(C(=O)c2cc(F)cc(F)c2)c1. The summed E-state index contributed by atoms with van der Waals surface area (Å²) in [5.41, 5.74) is 1.53. The maximum atomic E-state index is 13.2. The van der Waals surface area contributed by atoms with Gasteiger partial charge in [0.15, 0.2) is 5.78 Å². The van der Waals surface area contributed by atoms with Gasteiger partial charge in [-0.25, -0.2) is 8.78 Å². The van der Waals surface area contributed by atoms with E-state index < -0.39 is 11.6 Å². The summed E-state index contributed by atoms with van der Waals surface area (Å²) in [4.78, 5) is 12.3. The maximum absolute atomic E-state index is 13.2. The van der Waals surface area contributed by atoms with Gasteiger partial charge in [0.25, 0.3) is 0 Å². The highest BCUT2D eigenvalue weighted by Gasteiger charge is 2.12. The van der Waals surface area contributed by atoms with Crippen LogP contribution in [0.15, 0.2) is 42.5 Å². The summed E-state index contributed by atoms with van der Waals surface area (Å²) in [6.07, 6.45) is 0.860. The molecule has 0 aliphatic heterocycles. The summed E-state index contributed by atoms with van der Waals surface area (Å²) in [5, 5.41) is 0. The molecule has 0 radical (unpaired) electrons. The standard InChI is InChI=1S/C17H16F2O/c1-11(2)6-12-4-3-5-13(7-12)17(20)14-8-15(18)10-16(19)9-14/h3-5,7-11H,6H2,1-2H3. The smallest absolute Gasteiger partial charge is 0.193 e. The van der Waals surface area contributed by atoms with Gasteiger partial charge in [-0.2, -0.15) is 0 Å². The molecule has 0 N–H and O–H groups in total. The van der Waals surface area contributed by atoms with E-state index in [9.17, 15) is 13.6 Å². The number of halogens is 2. The molecule has 0 fully saturated rings. The summed E-state index contributed by atoms with van der Waals surface area (Å²) in [6, 6.07) is 10.1. The van der Waals surface area contributed by atoms with E-state index >= 15 is 0 Å². The van der Waals surface area contributed by atoms with Crippen LogP contribution in [0.1, 0.15) is 35.3 Å². The van der Waals surface area contributed by atoms with E-state index in [2.05, 4.69) is 13.8 Å². The Morgan fingerprint density at radius 1 is 1.00 bits per heavy atom. The molecule has 2 rings (SSSR count). The van der Waals surface area contributed by atoms with Crippen LogP contribution in [0.2, 0.25) is 0 Å². The second-order valence-electron chi connectivity index (χ2n) is 5.29. The highest BCUT2D eigenvalue weighted by atomic mass is 19.1. The van der Waals surface area contributed by atoms with Gasteiger partial charge < -0.3 is 0 Å². The summed E-state index contributed by atoms with van der Waals surface area (Å²) in [5.74, 6) is -1.38. The van der Waals surface area contributed by atoms with Gasteiger partial charge in [-0.3, -0.25) is 4.79 Å². The summed E-state index contributed by atoms with van der Waals surface area (Å²) < 4.78 is 26.3. The zero-order chi connectivity index (χ0) is 14.7. The van der Waals surface area contributed by atoms with E-state index in [1.54, 1.807) is 18.2 Å². The zero-order valence-electron chi connectivity index (χ0n) is 11.5. The Kier molecular flexibility index (Phi) is 4.28. The Hall–Kier alpha value is -2.03. The number of rotatable bonds is 4. The van der Waals surface area contributed by atoms with Gasteiger partial charge in [0.2, 0.25) is 0 Å². The van der Waals surface area contributed by atoms with Crippen molar-refractivity contribution in [1.29, 1.82) is 0 Å². The predicted molar refractivity (Wildman–Crippen MR) is 74.8 cm³/mol. The Balaban J connectivity index is 2.33. The topological polar surface area (TPSA) is 17.1 Å². The first kappa shape index (κ1) is 14.4. The van der Waals surface area contributed by atoms with Crippen LogP contribution in [-0.2, 0) is 6.42 Å². The summed E-state index contributed by atoms with van der Waals surface area (Å²) >= 11 is 0. The molecule has 0 atom stereocenters. The molecule has 0 aliphatic rings. The van der Waals surface area contributed by atoms with Gasteiger partial charge in [0.05, 0.1) is 0 Å². The Morgan fingerprint density at radius 2 is 1.65 bits per heavy atom. The van der Waals surface area contributed by atoms with Gasteiger partial charge >= 0.3 is 0 Å². The molecule has 0 aromatic heterocycles. The third-order valence-corrected chi connectivity index (χ3v) is 2.96. The Morgan fingerprint density at radius 3 is 2.25 bits per heavy atom. The van der Waals surface area contributed by atoms with E-state index in [-0.39, 0.29) is 11.3 Å². The van der Waals surface area contributed by atoms with Crippen molar-refractivity contribution in [1.82, 2.24) is 0 Å². The highest BCUT2D eigenvalue weighted by Crippen LogP contribution is 2.16. The van der Waals surface area contributed by atoms with Crippen molar-refractivity contribution in [3.8, 4) is 0 Å². The second-order valence-corrected chi connectivity index (χ2v) is 5.29. The lowest BCUT2D eigenvalue weighted by Crippen LogP contribution is -2.04. The Bertz CT molecular complexity index is 612. The number of hydrogen-bond donors (Lipinski definition) is 0. The van der Waals surface area contributed by atoms with Crippen molar-refractivity contribution in [2.24, 2.45) is 5.92 Å². The van der Waals surface area contributed by atoms with Gasteiger partial charge in [0.1, 0.15) is 11.6 Å². The van der Waals surface area contributed by atoms with E-state index in [1.165, 1.54) is 0 Å². The van der Waals surface area contributed by atoms with E-state index in [1.807, 2.05) is 6.07 Å². The van der Waals surface area contributed by atoms with Crippen LogP contribution >= 0.6 is 0 Å². The van der Waals surface area contributed by atoms with Gasteiger partial charge in [-0.1, -0.05) is 32.0 Å². The fraction of sp³-hybridized carbons (Fsp3) is 0.235. The average molecular weight is 274 g/mol. The molecule has 0 saturated carbocycles. The lowest BCUT2D eigenvalue weighted by Gasteiger charge is -2.07. The number of hydrogen-bond acceptors (Lipinski definition) is 1. The fourth-order valence-corrected chi connectivity index (χ4v) is 2.16. The van der Waals surface area contributed by atoms with Gasteiger partial charge in [-0.15, -0.1) is 0 Å². The fourth-order valence-electron chi connectivity index (χ4n) is 2.16. The number of carbonyl (C=O) groups is 1. The molecule has 2 aromatic rings. The van der Waals surface area contributed by atoms with Crippen LogP contribution in [0.5, 0.6) is 0 Å². The van der Waals surface area contributed by atoms with Crippen molar-refractivity contribution in [2.45, 2.75) is 20.3 Å². The molecule has 0 spiro atoms. The van der Waals surface area contributed by atoms with Crippen LogP contribution in [-0.4, -0.2) is 5.78 Å². The molecular formula is C17H16F2O. The van der Waals surface area contributed by atoms with Crippen LogP contribution in [0.25, 0.3) is 0 Å². The number of benzene rings is 2. The first-order valence-electron chi connectivity index (χ1n) is 6.55. The van der Waals surface area contributed by atoms with Crippen LogP contribution < -0.4 is 0 Å². The van der Waals surface area contributed by atoms with Crippen molar-refractivity contribution in [2.75, 3.05) is 0 Å². The molecule has 2 aromatic carbocycles. The molecule has 0 amide bonds. The van der Waals surface area contributed by atoms with E-state index in [0.29, 0.717) is 11.5 Å². The van der Waals surface area contributed by atoms with E-state index in [0.717, 1.165) is 30.2 Å². The minimum atomic E-state index is -0.744. The quantitative estimate of drug-likeness (QED) is 0.755. The lowest BCUT2D eigenvalue weighted by molar-refractivity contribution is 0.103. The predicted octanol–water partition coefficient (Wildman–Crippen LogP) is 4.39. The third kappa shape index (κ3) is 3.50. The van der Waals surface area contributed by atoms with Gasteiger partial charge in [0, 0.05) is 17.2 Å². The monoisotopic (exact) mass is 274 g/mol. The molecule has 0 aliphatic carbocycles. The average Bonchev–Trinajstić information content (AvgIpc) is 2.36. The van der Waals surface area contributed by atoms with Crippen LogP contribution in [0.4, 0.5) is 8.78 Å². The highest BCUT2D eigenvalue weighted by molar-refractivity contribution is 6.09. The van der Waals surface area contributed by atoms with Crippen LogP contribution in [0.3, 0.4) is 0 Å². The molecule has 0 bridgehead atoms. The Labute approximate surface area is 117 Å².